The predicted octanol–water partition coefficient (Wildman–Crippen LogP) is 4.23. The van der Waals surface area contributed by atoms with E-state index >= 15 is 0 Å². The SMILES string of the molecule is CC1(C)CCCC(NCC2C(C)(C)C2(C)C)C1. The summed E-state index contributed by atoms with van der Waals surface area (Å²) >= 11 is 0. The van der Waals surface area contributed by atoms with Crippen molar-refractivity contribution in [3.63, 3.8) is 0 Å². The minimum atomic E-state index is 0.532. The molecule has 2 aliphatic carbocycles. The maximum absolute atomic E-state index is 3.85. The molecule has 0 spiro atoms. The van der Waals surface area contributed by atoms with Gasteiger partial charge in [0, 0.05) is 6.04 Å². The van der Waals surface area contributed by atoms with Gasteiger partial charge in [0.1, 0.15) is 0 Å². The van der Waals surface area contributed by atoms with Gasteiger partial charge in [-0.05, 0) is 48.0 Å². The third-order valence-corrected chi connectivity index (χ3v) is 6.14. The topological polar surface area (TPSA) is 12.0 Å². The molecule has 17 heavy (non-hydrogen) atoms. The Morgan fingerprint density at radius 3 is 2.06 bits per heavy atom. The molecule has 0 aromatic carbocycles. The lowest BCUT2D eigenvalue weighted by atomic mass is 9.75. The Balaban J connectivity index is 1.80. The lowest BCUT2D eigenvalue weighted by Gasteiger charge is -2.35. The van der Waals surface area contributed by atoms with Crippen molar-refractivity contribution in [2.75, 3.05) is 6.54 Å². The van der Waals surface area contributed by atoms with Crippen molar-refractivity contribution in [3.05, 3.63) is 0 Å². The van der Waals surface area contributed by atoms with E-state index < -0.39 is 0 Å². The monoisotopic (exact) mass is 237 g/mol. The Labute approximate surface area is 108 Å². The minimum Gasteiger partial charge on any atom is -0.314 e. The molecule has 0 amide bonds. The molecule has 0 aromatic rings. The molecule has 0 bridgehead atoms. The van der Waals surface area contributed by atoms with Crippen molar-refractivity contribution < 1.29 is 0 Å². The smallest absolute Gasteiger partial charge is 0.00722 e. The van der Waals surface area contributed by atoms with Gasteiger partial charge < -0.3 is 5.32 Å². The lowest BCUT2D eigenvalue weighted by molar-refractivity contribution is 0.196. The first kappa shape index (κ1) is 13.4. The van der Waals surface area contributed by atoms with E-state index in [4.69, 9.17) is 0 Å². The summed E-state index contributed by atoms with van der Waals surface area (Å²) in [5.41, 5.74) is 1.62. The highest BCUT2D eigenvalue weighted by atomic mass is 14.9. The van der Waals surface area contributed by atoms with Crippen LogP contribution in [-0.4, -0.2) is 12.6 Å². The quantitative estimate of drug-likeness (QED) is 0.774. The number of hydrogen-bond donors (Lipinski definition) is 1. The Kier molecular flexibility index (Phi) is 3.14. The maximum Gasteiger partial charge on any atom is 0.00722 e. The van der Waals surface area contributed by atoms with Crippen LogP contribution in [0.15, 0.2) is 0 Å². The third kappa shape index (κ3) is 2.41. The normalized spacial score (nSPS) is 34.6. The van der Waals surface area contributed by atoms with E-state index in [9.17, 15) is 0 Å². The fourth-order valence-electron chi connectivity index (χ4n) is 4.00. The second kappa shape index (κ2) is 3.98. The molecule has 0 aliphatic heterocycles. The van der Waals surface area contributed by atoms with Crippen molar-refractivity contribution in [3.8, 4) is 0 Å². The fraction of sp³-hybridized carbons (Fsp3) is 1.00. The molecule has 2 rings (SSSR count). The zero-order valence-corrected chi connectivity index (χ0v) is 12.7. The molecule has 2 saturated carbocycles. The highest BCUT2D eigenvalue weighted by Crippen LogP contribution is 2.68. The summed E-state index contributed by atoms with van der Waals surface area (Å²) in [5.74, 6) is 0.861. The Bertz CT molecular complexity index is 274. The van der Waals surface area contributed by atoms with Gasteiger partial charge in [0.15, 0.2) is 0 Å². The van der Waals surface area contributed by atoms with Crippen LogP contribution in [0, 0.1) is 22.2 Å². The summed E-state index contributed by atoms with van der Waals surface area (Å²) in [5, 5.41) is 3.85. The van der Waals surface area contributed by atoms with Crippen LogP contribution in [-0.2, 0) is 0 Å². The summed E-state index contributed by atoms with van der Waals surface area (Å²) in [6.45, 7) is 15.8. The fourth-order valence-corrected chi connectivity index (χ4v) is 4.00. The Hall–Kier alpha value is -0.0400. The van der Waals surface area contributed by atoms with Gasteiger partial charge in [-0.25, -0.2) is 0 Å². The zero-order valence-electron chi connectivity index (χ0n) is 12.7. The van der Waals surface area contributed by atoms with Gasteiger partial charge >= 0.3 is 0 Å². The van der Waals surface area contributed by atoms with E-state index in [1.165, 1.54) is 32.2 Å². The first-order valence-corrected chi connectivity index (χ1v) is 7.40. The van der Waals surface area contributed by atoms with E-state index in [-0.39, 0.29) is 0 Å². The molecular formula is C16H31N. The number of hydrogen-bond acceptors (Lipinski definition) is 1. The largest absolute Gasteiger partial charge is 0.314 e. The van der Waals surface area contributed by atoms with Crippen LogP contribution >= 0.6 is 0 Å². The van der Waals surface area contributed by atoms with Gasteiger partial charge in [0.25, 0.3) is 0 Å². The van der Waals surface area contributed by atoms with E-state index in [1.54, 1.807) is 0 Å². The van der Waals surface area contributed by atoms with Gasteiger partial charge in [0.05, 0.1) is 0 Å². The second-order valence-electron chi connectivity index (χ2n) is 8.36. The van der Waals surface area contributed by atoms with Crippen LogP contribution in [0.25, 0.3) is 0 Å². The standard InChI is InChI=1S/C16H31N/c1-14(2)9-7-8-12(10-14)17-11-13-15(3,4)16(13,5)6/h12-13,17H,7-11H2,1-6H3. The second-order valence-corrected chi connectivity index (χ2v) is 8.36. The van der Waals surface area contributed by atoms with E-state index in [2.05, 4.69) is 46.9 Å². The molecule has 100 valence electrons. The molecule has 1 heteroatoms. The highest BCUT2D eigenvalue weighted by molar-refractivity contribution is 5.13. The van der Waals surface area contributed by atoms with Gasteiger partial charge in [-0.15, -0.1) is 0 Å². The van der Waals surface area contributed by atoms with Gasteiger partial charge in [-0.1, -0.05) is 48.0 Å². The van der Waals surface area contributed by atoms with E-state index in [0.29, 0.717) is 16.2 Å². The first-order valence-electron chi connectivity index (χ1n) is 7.40. The van der Waals surface area contributed by atoms with Crippen molar-refractivity contribution in [2.45, 2.75) is 73.3 Å². The van der Waals surface area contributed by atoms with E-state index in [0.717, 1.165) is 12.0 Å². The number of nitrogens with one attached hydrogen (secondary N) is 1. The maximum atomic E-state index is 3.85. The van der Waals surface area contributed by atoms with Crippen LogP contribution in [0.1, 0.15) is 67.2 Å². The summed E-state index contributed by atoms with van der Waals surface area (Å²) in [6.07, 6.45) is 5.56. The van der Waals surface area contributed by atoms with Crippen LogP contribution < -0.4 is 5.32 Å². The van der Waals surface area contributed by atoms with Crippen molar-refractivity contribution in [1.29, 1.82) is 0 Å². The first-order chi connectivity index (χ1) is 7.67. The molecule has 1 nitrogen and oxygen atoms in total. The van der Waals surface area contributed by atoms with Crippen molar-refractivity contribution in [1.82, 2.24) is 5.32 Å². The molecular weight excluding hydrogens is 206 g/mol. The molecule has 0 radical (unpaired) electrons. The summed E-state index contributed by atoms with van der Waals surface area (Å²) in [4.78, 5) is 0. The van der Waals surface area contributed by atoms with Gasteiger partial charge in [-0.2, -0.15) is 0 Å². The molecule has 2 aliphatic rings. The predicted molar refractivity (Wildman–Crippen MR) is 75.1 cm³/mol. The van der Waals surface area contributed by atoms with Crippen molar-refractivity contribution in [2.24, 2.45) is 22.2 Å². The lowest BCUT2D eigenvalue weighted by Crippen LogP contribution is -2.38. The van der Waals surface area contributed by atoms with E-state index in [1.807, 2.05) is 0 Å². The van der Waals surface area contributed by atoms with Gasteiger partial charge in [0.2, 0.25) is 0 Å². The third-order valence-electron chi connectivity index (χ3n) is 6.14. The van der Waals surface area contributed by atoms with Crippen LogP contribution in [0.3, 0.4) is 0 Å². The number of rotatable bonds is 3. The molecule has 0 saturated heterocycles. The highest BCUT2D eigenvalue weighted by Gasteiger charge is 2.63. The zero-order chi connectivity index (χ0) is 12.9. The van der Waals surface area contributed by atoms with Gasteiger partial charge in [-0.3, -0.25) is 0 Å². The molecule has 2 fully saturated rings. The van der Waals surface area contributed by atoms with Crippen LogP contribution in [0.4, 0.5) is 0 Å². The molecule has 1 atom stereocenters. The van der Waals surface area contributed by atoms with Crippen LogP contribution in [0.5, 0.6) is 0 Å². The molecule has 0 aromatic heterocycles. The molecule has 1 N–H and O–H groups in total. The molecule has 0 heterocycles. The summed E-state index contributed by atoms with van der Waals surface area (Å²) in [7, 11) is 0. The summed E-state index contributed by atoms with van der Waals surface area (Å²) in [6, 6.07) is 0.769. The minimum absolute atomic E-state index is 0.532. The summed E-state index contributed by atoms with van der Waals surface area (Å²) < 4.78 is 0. The van der Waals surface area contributed by atoms with Crippen LogP contribution in [0.2, 0.25) is 0 Å². The molecule has 1 unspecified atom stereocenters. The van der Waals surface area contributed by atoms with Crippen molar-refractivity contribution >= 4 is 0 Å². The average Bonchev–Trinajstić information content (AvgIpc) is 2.53. The Morgan fingerprint density at radius 2 is 1.59 bits per heavy atom. The Morgan fingerprint density at radius 1 is 1.00 bits per heavy atom. The average molecular weight is 237 g/mol.